The lowest BCUT2D eigenvalue weighted by Crippen LogP contribution is -2.26. The summed E-state index contributed by atoms with van der Waals surface area (Å²) < 4.78 is 1.77. The summed E-state index contributed by atoms with van der Waals surface area (Å²) in [6.45, 7) is 3.55. The number of nitrogens with zero attached hydrogens (tertiary/aromatic N) is 7. The van der Waals surface area contributed by atoms with Gasteiger partial charge in [0.2, 0.25) is 5.91 Å². The van der Waals surface area contributed by atoms with Gasteiger partial charge in [-0.1, -0.05) is 18.2 Å². The minimum absolute atomic E-state index is 0.0315. The molecular weight excluding hydrogens is 330 g/mol. The van der Waals surface area contributed by atoms with Crippen molar-refractivity contribution in [2.24, 2.45) is 0 Å². The van der Waals surface area contributed by atoms with Crippen LogP contribution >= 0.6 is 0 Å². The topological polar surface area (TPSA) is 89.7 Å². The van der Waals surface area contributed by atoms with Gasteiger partial charge in [-0.2, -0.15) is 0 Å². The fourth-order valence-corrected chi connectivity index (χ4v) is 3.09. The van der Waals surface area contributed by atoms with E-state index in [0.717, 1.165) is 24.2 Å². The molecule has 3 aromatic heterocycles. The Labute approximate surface area is 150 Å². The molecule has 4 heterocycles. The van der Waals surface area contributed by atoms with Crippen LogP contribution < -0.4 is 0 Å². The Balaban J connectivity index is 1.51. The van der Waals surface area contributed by atoms with Crippen LogP contribution in [0.4, 0.5) is 0 Å². The molecule has 26 heavy (non-hydrogen) atoms. The molecule has 1 aliphatic rings. The standard InChI is InChI=1S/C18H19N7O/c1-2-7-24-11-14(8-17(24)26)25-12-16(22-23-25)13-9-20-18(21-10-13)15-5-3-4-6-19-15/h3-6,9-10,12,14H,2,7-8,11H2,1H3. The number of carbonyl (C=O) groups is 1. The number of likely N-dealkylation sites (tertiary alicyclic amines) is 1. The fraction of sp³-hybridized carbons (Fsp3) is 0.333. The van der Waals surface area contributed by atoms with Gasteiger partial charge >= 0.3 is 0 Å². The van der Waals surface area contributed by atoms with Crippen molar-refractivity contribution in [3.05, 3.63) is 43.0 Å². The molecule has 8 heteroatoms. The monoisotopic (exact) mass is 349 g/mol. The Morgan fingerprint density at radius 1 is 1.15 bits per heavy atom. The Kier molecular flexibility index (Phi) is 4.39. The molecule has 0 saturated carbocycles. The van der Waals surface area contributed by atoms with Crippen molar-refractivity contribution in [1.29, 1.82) is 0 Å². The van der Waals surface area contributed by atoms with E-state index in [0.29, 0.717) is 24.5 Å². The summed E-state index contributed by atoms with van der Waals surface area (Å²) in [6.07, 6.45) is 8.43. The van der Waals surface area contributed by atoms with Crippen LogP contribution in [0.25, 0.3) is 22.8 Å². The first-order chi connectivity index (χ1) is 12.7. The molecule has 1 unspecified atom stereocenters. The van der Waals surface area contributed by atoms with Gasteiger partial charge in [0, 0.05) is 37.2 Å². The zero-order valence-electron chi connectivity index (χ0n) is 14.5. The van der Waals surface area contributed by atoms with Crippen LogP contribution in [0.1, 0.15) is 25.8 Å². The molecule has 3 aromatic rings. The number of amides is 1. The largest absolute Gasteiger partial charge is 0.340 e. The molecule has 4 rings (SSSR count). The maximum atomic E-state index is 12.0. The van der Waals surface area contributed by atoms with Crippen LogP contribution in [-0.2, 0) is 4.79 Å². The van der Waals surface area contributed by atoms with Crippen LogP contribution in [0.3, 0.4) is 0 Å². The van der Waals surface area contributed by atoms with Gasteiger partial charge in [0.15, 0.2) is 5.82 Å². The van der Waals surface area contributed by atoms with Gasteiger partial charge in [-0.05, 0) is 18.6 Å². The highest BCUT2D eigenvalue weighted by atomic mass is 16.2. The summed E-state index contributed by atoms with van der Waals surface area (Å²) in [7, 11) is 0. The number of pyridine rings is 1. The van der Waals surface area contributed by atoms with Crippen LogP contribution in [0.5, 0.6) is 0 Å². The summed E-state index contributed by atoms with van der Waals surface area (Å²) in [5, 5.41) is 8.42. The van der Waals surface area contributed by atoms with Crippen molar-refractivity contribution < 1.29 is 4.79 Å². The quantitative estimate of drug-likeness (QED) is 0.700. The third-order valence-corrected chi connectivity index (χ3v) is 4.41. The molecule has 8 nitrogen and oxygen atoms in total. The maximum Gasteiger partial charge on any atom is 0.224 e. The summed E-state index contributed by atoms with van der Waals surface area (Å²) in [5.74, 6) is 0.746. The molecule has 1 saturated heterocycles. The number of hydrogen-bond donors (Lipinski definition) is 0. The number of carbonyl (C=O) groups excluding carboxylic acids is 1. The molecule has 1 aliphatic heterocycles. The van der Waals surface area contributed by atoms with Crippen molar-refractivity contribution in [1.82, 2.24) is 34.8 Å². The van der Waals surface area contributed by atoms with Crippen molar-refractivity contribution in [2.75, 3.05) is 13.1 Å². The van der Waals surface area contributed by atoms with Gasteiger partial charge in [-0.25, -0.2) is 14.6 Å². The highest BCUT2D eigenvalue weighted by molar-refractivity contribution is 5.78. The van der Waals surface area contributed by atoms with E-state index in [1.165, 1.54) is 0 Å². The van der Waals surface area contributed by atoms with Crippen molar-refractivity contribution in [3.63, 3.8) is 0 Å². The lowest BCUT2D eigenvalue weighted by Gasteiger charge is -2.14. The van der Waals surface area contributed by atoms with Crippen LogP contribution in [0.15, 0.2) is 43.0 Å². The normalized spacial score (nSPS) is 17.0. The van der Waals surface area contributed by atoms with Gasteiger partial charge < -0.3 is 4.90 Å². The zero-order valence-corrected chi connectivity index (χ0v) is 14.5. The minimum Gasteiger partial charge on any atom is -0.340 e. The molecule has 1 amide bonds. The first kappa shape index (κ1) is 16.3. The Bertz CT molecular complexity index is 891. The average molecular weight is 349 g/mol. The summed E-state index contributed by atoms with van der Waals surface area (Å²) >= 11 is 0. The molecule has 0 aromatic carbocycles. The minimum atomic E-state index is 0.0315. The maximum absolute atomic E-state index is 12.0. The second-order valence-electron chi connectivity index (χ2n) is 6.29. The smallest absolute Gasteiger partial charge is 0.224 e. The molecule has 0 aliphatic carbocycles. The van der Waals surface area contributed by atoms with Crippen LogP contribution in [-0.4, -0.2) is 53.8 Å². The van der Waals surface area contributed by atoms with E-state index < -0.39 is 0 Å². The van der Waals surface area contributed by atoms with Gasteiger partial charge in [0.05, 0.1) is 18.7 Å². The highest BCUT2D eigenvalue weighted by Gasteiger charge is 2.31. The van der Waals surface area contributed by atoms with Gasteiger partial charge in [-0.15, -0.1) is 5.10 Å². The molecule has 0 spiro atoms. The number of aromatic nitrogens is 6. The van der Waals surface area contributed by atoms with E-state index in [9.17, 15) is 4.79 Å². The third-order valence-electron chi connectivity index (χ3n) is 4.41. The van der Waals surface area contributed by atoms with Crippen LogP contribution in [0.2, 0.25) is 0 Å². The molecule has 0 radical (unpaired) electrons. The highest BCUT2D eigenvalue weighted by Crippen LogP contribution is 2.24. The first-order valence-corrected chi connectivity index (χ1v) is 8.68. The molecule has 132 valence electrons. The third kappa shape index (κ3) is 3.17. The van der Waals surface area contributed by atoms with E-state index in [-0.39, 0.29) is 11.9 Å². The summed E-state index contributed by atoms with van der Waals surface area (Å²) in [5.41, 5.74) is 2.20. The van der Waals surface area contributed by atoms with E-state index >= 15 is 0 Å². The molecule has 1 fully saturated rings. The molecule has 1 atom stereocenters. The van der Waals surface area contributed by atoms with Gasteiger partial charge in [-0.3, -0.25) is 9.78 Å². The van der Waals surface area contributed by atoms with Gasteiger partial charge in [0.1, 0.15) is 11.4 Å². The number of rotatable bonds is 5. The number of hydrogen-bond acceptors (Lipinski definition) is 6. The van der Waals surface area contributed by atoms with E-state index in [1.54, 1.807) is 23.3 Å². The Morgan fingerprint density at radius 2 is 2.00 bits per heavy atom. The molecule has 0 N–H and O–H groups in total. The average Bonchev–Trinajstić information content (AvgIpc) is 3.30. The fourth-order valence-electron chi connectivity index (χ4n) is 3.09. The van der Waals surface area contributed by atoms with Crippen LogP contribution in [0, 0.1) is 0 Å². The summed E-state index contributed by atoms with van der Waals surface area (Å²) in [6, 6.07) is 5.65. The second-order valence-corrected chi connectivity index (χ2v) is 6.29. The summed E-state index contributed by atoms with van der Waals surface area (Å²) in [4.78, 5) is 26.9. The van der Waals surface area contributed by atoms with Crippen molar-refractivity contribution in [2.45, 2.75) is 25.8 Å². The zero-order chi connectivity index (χ0) is 17.9. The van der Waals surface area contributed by atoms with Crippen molar-refractivity contribution >= 4 is 5.91 Å². The second kappa shape index (κ2) is 6.99. The van der Waals surface area contributed by atoms with E-state index in [4.69, 9.17) is 0 Å². The molecule has 0 bridgehead atoms. The Morgan fingerprint density at radius 3 is 2.73 bits per heavy atom. The van der Waals surface area contributed by atoms with Crippen molar-refractivity contribution in [3.8, 4) is 22.8 Å². The lowest BCUT2D eigenvalue weighted by atomic mass is 10.2. The Hall–Kier alpha value is -3.16. The lowest BCUT2D eigenvalue weighted by molar-refractivity contribution is -0.127. The van der Waals surface area contributed by atoms with E-state index in [1.807, 2.05) is 29.3 Å². The predicted molar refractivity (Wildman–Crippen MR) is 94.8 cm³/mol. The predicted octanol–water partition coefficient (Wildman–Crippen LogP) is 1.98. The SMILES string of the molecule is CCCN1CC(n2cc(-c3cnc(-c4ccccn4)nc3)nn2)CC1=O. The first-order valence-electron chi connectivity index (χ1n) is 8.68. The van der Waals surface area contributed by atoms with Gasteiger partial charge in [0.25, 0.3) is 0 Å². The molecular formula is C18H19N7O. The van der Waals surface area contributed by atoms with E-state index in [2.05, 4.69) is 32.2 Å².